The first-order chi connectivity index (χ1) is 15.4. The van der Waals surface area contributed by atoms with Crippen molar-refractivity contribution in [2.75, 3.05) is 51.8 Å². The van der Waals surface area contributed by atoms with Crippen LogP contribution in [0.15, 0.2) is 47.4 Å². The van der Waals surface area contributed by atoms with E-state index in [0.29, 0.717) is 37.4 Å². The van der Waals surface area contributed by atoms with Crippen molar-refractivity contribution in [1.29, 1.82) is 0 Å². The summed E-state index contributed by atoms with van der Waals surface area (Å²) < 4.78 is 40.4. The Balaban J connectivity index is 1.68. The highest BCUT2D eigenvalue weighted by Gasteiger charge is 2.48. The summed E-state index contributed by atoms with van der Waals surface area (Å²) in [6, 6.07) is 12.3. The minimum absolute atomic E-state index is 0.241. The first-order valence-electron chi connectivity index (χ1n) is 10.9. The van der Waals surface area contributed by atoms with Crippen molar-refractivity contribution in [1.82, 2.24) is 9.21 Å². The molecule has 8 nitrogen and oxygen atoms in total. The SMILES string of the molecule is CCCN1C(N2CCN(c3ccc(O)cc3)CC2)C(OC)c2c(OC)cccc2S1(=O)=O. The second-order valence-corrected chi connectivity index (χ2v) is 9.96. The van der Waals surface area contributed by atoms with Crippen molar-refractivity contribution in [3.63, 3.8) is 0 Å². The number of sulfonamides is 1. The van der Waals surface area contributed by atoms with Crippen LogP contribution in [0.5, 0.6) is 11.5 Å². The Kier molecular flexibility index (Phi) is 6.62. The molecule has 0 amide bonds. The van der Waals surface area contributed by atoms with Gasteiger partial charge in [-0.25, -0.2) is 8.42 Å². The number of aromatic hydroxyl groups is 1. The molecule has 174 valence electrons. The molecule has 9 heteroatoms. The lowest BCUT2D eigenvalue weighted by Gasteiger charge is -2.48. The second-order valence-electron chi connectivity index (χ2n) is 8.10. The topological polar surface area (TPSA) is 82.6 Å². The molecule has 2 aromatic rings. The van der Waals surface area contributed by atoms with E-state index in [-0.39, 0.29) is 10.6 Å². The van der Waals surface area contributed by atoms with E-state index in [1.165, 1.54) is 0 Å². The van der Waals surface area contributed by atoms with Crippen LogP contribution in [0.2, 0.25) is 0 Å². The normalized spacial score (nSPS) is 23.7. The van der Waals surface area contributed by atoms with E-state index in [4.69, 9.17) is 9.47 Å². The number of fused-ring (bicyclic) bond motifs is 1. The molecule has 1 fully saturated rings. The first-order valence-corrected chi connectivity index (χ1v) is 12.4. The zero-order valence-electron chi connectivity index (χ0n) is 18.8. The molecule has 0 radical (unpaired) electrons. The Morgan fingerprint density at radius 2 is 1.72 bits per heavy atom. The zero-order valence-corrected chi connectivity index (χ0v) is 19.6. The summed E-state index contributed by atoms with van der Waals surface area (Å²) >= 11 is 0. The lowest BCUT2D eigenvalue weighted by molar-refractivity contribution is -0.0467. The minimum Gasteiger partial charge on any atom is -0.508 e. The third kappa shape index (κ3) is 3.94. The number of piperazine rings is 1. The molecule has 0 spiro atoms. The van der Waals surface area contributed by atoms with Crippen LogP contribution >= 0.6 is 0 Å². The van der Waals surface area contributed by atoms with E-state index < -0.39 is 22.3 Å². The molecule has 0 aliphatic carbocycles. The number of hydrogen-bond acceptors (Lipinski definition) is 7. The number of ether oxygens (including phenoxy) is 2. The van der Waals surface area contributed by atoms with Crippen molar-refractivity contribution in [3.8, 4) is 11.5 Å². The van der Waals surface area contributed by atoms with E-state index in [2.05, 4.69) is 9.80 Å². The Labute approximate surface area is 190 Å². The van der Waals surface area contributed by atoms with Gasteiger partial charge in [0, 0.05) is 51.1 Å². The number of benzene rings is 2. The van der Waals surface area contributed by atoms with Crippen molar-refractivity contribution >= 4 is 15.7 Å². The Bertz CT molecular complexity index is 1040. The summed E-state index contributed by atoms with van der Waals surface area (Å²) in [6.07, 6.45) is -0.203. The van der Waals surface area contributed by atoms with Crippen molar-refractivity contribution in [2.45, 2.75) is 30.5 Å². The van der Waals surface area contributed by atoms with Gasteiger partial charge in [0.1, 0.15) is 23.8 Å². The summed E-state index contributed by atoms with van der Waals surface area (Å²) in [4.78, 5) is 4.71. The van der Waals surface area contributed by atoms with Crippen LogP contribution in [-0.4, -0.2) is 75.8 Å². The number of rotatable bonds is 6. The number of hydrogen-bond donors (Lipinski definition) is 1. The predicted molar refractivity (Wildman–Crippen MR) is 123 cm³/mol. The fourth-order valence-corrected chi connectivity index (χ4v) is 6.72. The van der Waals surface area contributed by atoms with Crippen molar-refractivity contribution in [3.05, 3.63) is 48.0 Å². The lowest BCUT2D eigenvalue weighted by atomic mass is 10.0. The van der Waals surface area contributed by atoms with Gasteiger partial charge in [0.25, 0.3) is 0 Å². The van der Waals surface area contributed by atoms with Crippen molar-refractivity contribution in [2.24, 2.45) is 0 Å². The van der Waals surface area contributed by atoms with Gasteiger partial charge in [0.05, 0.1) is 12.0 Å². The molecule has 2 aliphatic heterocycles. The Morgan fingerprint density at radius 1 is 1.03 bits per heavy atom. The van der Waals surface area contributed by atoms with Crippen LogP contribution < -0.4 is 9.64 Å². The number of nitrogens with zero attached hydrogens (tertiary/aromatic N) is 3. The Hall–Kier alpha value is -2.33. The average Bonchev–Trinajstić information content (AvgIpc) is 2.81. The summed E-state index contributed by atoms with van der Waals surface area (Å²) in [5.41, 5.74) is 1.63. The lowest BCUT2D eigenvalue weighted by Crippen LogP contribution is -2.61. The van der Waals surface area contributed by atoms with Gasteiger partial charge >= 0.3 is 0 Å². The highest BCUT2D eigenvalue weighted by Crippen LogP contribution is 2.44. The van der Waals surface area contributed by atoms with Gasteiger partial charge in [-0.3, -0.25) is 4.90 Å². The molecule has 4 rings (SSSR count). The number of methoxy groups -OCH3 is 2. The molecule has 2 atom stereocenters. The molecular weight excluding hydrogens is 430 g/mol. The van der Waals surface area contributed by atoms with Crippen molar-refractivity contribution < 1.29 is 23.0 Å². The minimum atomic E-state index is -3.70. The van der Waals surface area contributed by atoms with E-state index in [1.807, 2.05) is 19.1 Å². The van der Waals surface area contributed by atoms with Crippen LogP contribution in [0.3, 0.4) is 0 Å². The molecule has 0 bridgehead atoms. The molecule has 1 saturated heterocycles. The first kappa shape index (κ1) is 22.8. The molecular formula is C23H31N3O5S. The molecule has 32 heavy (non-hydrogen) atoms. The summed E-state index contributed by atoms with van der Waals surface area (Å²) in [6.45, 7) is 5.27. The molecule has 0 saturated carbocycles. The van der Waals surface area contributed by atoms with Gasteiger partial charge in [0.15, 0.2) is 0 Å². The summed E-state index contributed by atoms with van der Waals surface area (Å²) in [5, 5.41) is 9.56. The van der Waals surface area contributed by atoms with Crippen LogP contribution in [0.4, 0.5) is 5.69 Å². The van der Waals surface area contributed by atoms with E-state index in [0.717, 1.165) is 18.8 Å². The third-order valence-electron chi connectivity index (χ3n) is 6.28. The largest absolute Gasteiger partial charge is 0.508 e. The number of anilines is 1. The van der Waals surface area contributed by atoms with Crippen LogP contribution in [0, 0.1) is 0 Å². The van der Waals surface area contributed by atoms with Gasteiger partial charge in [-0.15, -0.1) is 0 Å². The van der Waals surface area contributed by atoms with Crippen LogP contribution in [0.1, 0.15) is 25.0 Å². The number of phenols is 1. The zero-order chi connectivity index (χ0) is 22.9. The van der Waals surface area contributed by atoms with Gasteiger partial charge in [-0.1, -0.05) is 13.0 Å². The summed E-state index contributed by atoms with van der Waals surface area (Å²) in [5.74, 6) is 0.771. The molecule has 2 heterocycles. The smallest absolute Gasteiger partial charge is 0.245 e. The van der Waals surface area contributed by atoms with E-state index >= 15 is 0 Å². The number of phenolic OH excluding ortho intramolecular Hbond substituents is 1. The highest BCUT2D eigenvalue weighted by molar-refractivity contribution is 7.89. The standard InChI is InChI=1S/C23H31N3O5S/c1-4-12-26-23(25-15-13-24(14-16-25)17-8-10-18(27)11-9-17)22(31-3)21-19(30-2)6-5-7-20(21)32(26,28)29/h5-11,22-23,27H,4,12-16H2,1-3H3. The van der Waals surface area contributed by atoms with E-state index in [1.54, 1.807) is 48.9 Å². The second kappa shape index (κ2) is 9.27. The quantitative estimate of drug-likeness (QED) is 0.708. The maximum atomic E-state index is 13.6. The Morgan fingerprint density at radius 3 is 2.31 bits per heavy atom. The highest BCUT2D eigenvalue weighted by atomic mass is 32.2. The maximum absolute atomic E-state index is 13.6. The van der Waals surface area contributed by atoms with Gasteiger partial charge < -0.3 is 19.5 Å². The van der Waals surface area contributed by atoms with Crippen LogP contribution in [-0.2, 0) is 14.8 Å². The molecule has 2 aromatic carbocycles. The third-order valence-corrected chi connectivity index (χ3v) is 8.21. The monoisotopic (exact) mass is 461 g/mol. The maximum Gasteiger partial charge on any atom is 0.245 e. The fourth-order valence-electron chi connectivity index (χ4n) is 4.77. The van der Waals surface area contributed by atoms with Crippen LogP contribution in [0.25, 0.3) is 0 Å². The molecule has 2 aliphatic rings. The average molecular weight is 462 g/mol. The van der Waals surface area contributed by atoms with Gasteiger partial charge in [-0.2, -0.15) is 4.31 Å². The van der Waals surface area contributed by atoms with Gasteiger partial charge in [-0.05, 0) is 42.8 Å². The van der Waals surface area contributed by atoms with E-state index in [9.17, 15) is 13.5 Å². The molecule has 0 aromatic heterocycles. The fraction of sp³-hybridized carbons (Fsp3) is 0.478. The molecule has 1 N–H and O–H groups in total. The van der Waals surface area contributed by atoms with Gasteiger partial charge in [0.2, 0.25) is 10.0 Å². The summed E-state index contributed by atoms with van der Waals surface area (Å²) in [7, 11) is -0.517. The predicted octanol–water partition coefficient (Wildman–Crippen LogP) is 2.65. The molecule has 2 unspecified atom stereocenters.